The monoisotopic (exact) mass is 218 g/mol. The van der Waals surface area contributed by atoms with E-state index in [1.807, 2.05) is 0 Å². The Kier molecular flexibility index (Phi) is 3.49. The molecule has 16 heavy (non-hydrogen) atoms. The van der Waals surface area contributed by atoms with Gasteiger partial charge < -0.3 is 10.6 Å². The molecule has 0 aliphatic carbocycles. The van der Waals surface area contributed by atoms with Crippen molar-refractivity contribution in [2.75, 3.05) is 18.0 Å². The van der Waals surface area contributed by atoms with E-state index in [0.29, 0.717) is 6.54 Å². The van der Waals surface area contributed by atoms with E-state index in [9.17, 15) is 0 Å². The van der Waals surface area contributed by atoms with Crippen molar-refractivity contribution in [1.82, 2.24) is 0 Å². The first-order chi connectivity index (χ1) is 7.70. The molecule has 1 atom stereocenters. The molecule has 1 unspecified atom stereocenters. The maximum Gasteiger partial charge on any atom is 0.0369 e. The van der Waals surface area contributed by atoms with Crippen LogP contribution in [0.15, 0.2) is 24.3 Å². The van der Waals surface area contributed by atoms with Crippen LogP contribution in [-0.4, -0.2) is 13.1 Å². The van der Waals surface area contributed by atoms with Gasteiger partial charge in [-0.2, -0.15) is 0 Å². The van der Waals surface area contributed by atoms with Gasteiger partial charge in [0.15, 0.2) is 0 Å². The molecule has 88 valence electrons. The van der Waals surface area contributed by atoms with Crippen molar-refractivity contribution in [1.29, 1.82) is 0 Å². The summed E-state index contributed by atoms with van der Waals surface area (Å²) in [6, 6.07) is 8.63. The number of nitrogens with two attached hydrogens (primary N) is 1. The van der Waals surface area contributed by atoms with Gasteiger partial charge in [0.05, 0.1) is 0 Å². The quantitative estimate of drug-likeness (QED) is 0.845. The number of hydrogen-bond acceptors (Lipinski definition) is 2. The van der Waals surface area contributed by atoms with Crippen molar-refractivity contribution >= 4 is 5.69 Å². The van der Waals surface area contributed by atoms with Crippen LogP contribution < -0.4 is 10.6 Å². The first-order valence-corrected chi connectivity index (χ1v) is 6.24. The molecular formula is C14H22N2. The molecule has 1 aromatic rings. The molecule has 0 saturated carbocycles. The van der Waals surface area contributed by atoms with E-state index < -0.39 is 0 Å². The second-order valence-corrected chi connectivity index (χ2v) is 5.11. The summed E-state index contributed by atoms with van der Waals surface area (Å²) in [4.78, 5) is 2.49. The van der Waals surface area contributed by atoms with Crippen molar-refractivity contribution in [3.05, 3.63) is 29.8 Å². The number of nitrogens with zero attached hydrogens (tertiary/aromatic N) is 1. The molecule has 2 N–H and O–H groups in total. The first-order valence-electron chi connectivity index (χ1n) is 6.24. The number of benzene rings is 1. The van der Waals surface area contributed by atoms with Crippen molar-refractivity contribution in [3.8, 4) is 0 Å². The molecule has 1 heterocycles. The molecule has 0 bridgehead atoms. The molecule has 0 spiro atoms. The van der Waals surface area contributed by atoms with Crippen LogP contribution in [0.1, 0.15) is 25.8 Å². The third kappa shape index (κ3) is 2.38. The summed E-state index contributed by atoms with van der Waals surface area (Å²) in [5.41, 5.74) is 8.24. The van der Waals surface area contributed by atoms with Crippen LogP contribution in [0.4, 0.5) is 5.69 Å². The van der Waals surface area contributed by atoms with E-state index in [4.69, 9.17) is 5.73 Å². The van der Waals surface area contributed by atoms with Crippen LogP contribution in [0, 0.1) is 11.8 Å². The van der Waals surface area contributed by atoms with Crippen molar-refractivity contribution in [2.45, 2.75) is 26.8 Å². The minimum atomic E-state index is 0.634. The lowest BCUT2D eigenvalue weighted by molar-refractivity contribution is 0.423. The highest BCUT2D eigenvalue weighted by Crippen LogP contribution is 2.28. The lowest BCUT2D eigenvalue weighted by Crippen LogP contribution is -2.21. The Bertz CT molecular complexity index is 346. The fourth-order valence-electron chi connectivity index (χ4n) is 2.45. The van der Waals surface area contributed by atoms with Crippen LogP contribution in [-0.2, 0) is 6.54 Å². The SMILES string of the molecule is CC(C)C1CCN(c2cccc(CN)c2)C1. The largest absolute Gasteiger partial charge is 0.371 e. The molecule has 0 aromatic heterocycles. The molecule has 1 saturated heterocycles. The van der Waals surface area contributed by atoms with Gasteiger partial charge in [-0.1, -0.05) is 26.0 Å². The summed E-state index contributed by atoms with van der Waals surface area (Å²) in [5, 5.41) is 0. The van der Waals surface area contributed by atoms with Crippen LogP contribution >= 0.6 is 0 Å². The number of anilines is 1. The lowest BCUT2D eigenvalue weighted by Gasteiger charge is -2.20. The highest BCUT2D eigenvalue weighted by molar-refractivity contribution is 5.49. The van der Waals surface area contributed by atoms with E-state index in [-0.39, 0.29) is 0 Å². The van der Waals surface area contributed by atoms with Crippen molar-refractivity contribution in [3.63, 3.8) is 0 Å². The zero-order valence-electron chi connectivity index (χ0n) is 10.3. The maximum atomic E-state index is 5.67. The molecule has 1 aliphatic heterocycles. The highest BCUT2D eigenvalue weighted by Gasteiger charge is 2.24. The van der Waals surface area contributed by atoms with Gasteiger partial charge >= 0.3 is 0 Å². The first kappa shape index (κ1) is 11.5. The van der Waals surface area contributed by atoms with E-state index in [2.05, 4.69) is 43.0 Å². The summed E-state index contributed by atoms with van der Waals surface area (Å²) >= 11 is 0. The average Bonchev–Trinajstić information content (AvgIpc) is 2.78. The van der Waals surface area contributed by atoms with E-state index in [1.54, 1.807) is 0 Å². The van der Waals surface area contributed by atoms with Crippen LogP contribution in [0.3, 0.4) is 0 Å². The lowest BCUT2D eigenvalue weighted by atomic mass is 9.95. The predicted molar refractivity (Wildman–Crippen MR) is 69.5 cm³/mol. The molecule has 0 amide bonds. The highest BCUT2D eigenvalue weighted by atomic mass is 15.1. The smallest absolute Gasteiger partial charge is 0.0369 e. The Balaban J connectivity index is 2.08. The zero-order chi connectivity index (χ0) is 11.5. The molecule has 1 aliphatic rings. The third-order valence-electron chi connectivity index (χ3n) is 3.68. The maximum absolute atomic E-state index is 5.67. The van der Waals surface area contributed by atoms with Crippen LogP contribution in [0.5, 0.6) is 0 Å². The molecule has 2 heteroatoms. The number of rotatable bonds is 3. The summed E-state index contributed by atoms with van der Waals surface area (Å²) in [7, 11) is 0. The molecular weight excluding hydrogens is 196 g/mol. The Morgan fingerprint density at radius 2 is 2.25 bits per heavy atom. The normalized spacial score (nSPS) is 20.8. The second-order valence-electron chi connectivity index (χ2n) is 5.11. The van der Waals surface area contributed by atoms with E-state index in [1.165, 1.54) is 30.8 Å². The van der Waals surface area contributed by atoms with E-state index in [0.717, 1.165) is 11.8 Å². The minimum absolute atomic E-state index is 0.634. The Labute approximate surface area is 98.4 Å². The zero-order valence-corrected chi connectivity index (χ0v) is 10.3. The molecule has 1 aromatic carbocycles. The Morgan fingerprint density at radius 1 is 1.44 bits per heavy atom. The predicted octanol–water partition coefficient (Wildman–Crippen LogP) is 2.63. The minimum Gasteiger partial charge on any atom is -0.371 e. The van der Waals surface area contributed by atoms with Crippen LogP contribution in [0.25, 0.3) is 0 Å². The number of hydrogen-bond donors (Lipinski definition) is 1. The van der Waals surface area contributed by atoms with Gasteiger partial charge in [-0.25, -0.2) is 0 Å². The summed E-state index contributed by atoms with van der Waals surface area (Å²) in [6.45, 7) is 7.67. The van der Waals surface area contributed by atoms with Gasteiger partial charge in [0.2, 0.25) is 0 Å². The fraction of sp³-hybridized carbons (Fsp3) is 0.571. The van der Waals surface area contributed by atoms with Gasteiger partial charge in [-0.15, -0.1) is 0 Å². The second kappa shape index (κ2) is 4.88. The van der Waals surface area contributed by atoms with Gasteiger partial charge in [-0.3, -0.25) is 0 Å². The van der Waals surface area contributed by atoms with Gasteiger partial charge in [0.1, 0.15) is 0 Å². The van der Waals surface area contributed by atoms with Crippen LogP contribution in [0.2, 0.25) is 0 Å². The fourth-order valence-corrected chi connectivity index (χ4v) is 2.45. The molecule has 2 rings (SSSR count). The topological polar surface area (TPSA) is 29.3 Å². The van der Waals surface area contributed by atoms with Gasteiger partial charge in [0, 0.05) is 25.3 Å². The Hall–Kier alpha value is -1.02. The molecule has 2 nitrogen and oxygen atoms in total. The molecule has 0 radical (unpaired) electrons. The third-order valence-corrected chi connectivity index (χ3v) is 3.68. The van der Waals surface area contributed by atoms with E-state index >= 15 is 0 Å². The molecule has 1 fully saturated rings. The van der Waals surface area contributed by atoms with Gasteiger partial charge in [0.25, 0.3) is 0 Å². The standard InChI is InChI=1S/C14H22N2/c1-11(2)13-6-7-16(10-13)14-5-3-4-12(8-14)9-15/h3-5,8,11,13H,6-7,9-10,15H2,1-2H3. The Morgan fingerprint density at radius 3 is 2.88 bits per heavy atom. The van der Waals surface area contributed by atoms with Crippen molar-refractivity contribution < 1.29 is 0 Å². The van der Waals surface area contributed by atoms with Crippen molar-refractivity contribution in [2.24, 2.45) is 17.6 Å². The average molecular weight is 218 g/mol. The summed E-state index contributed by atoms with van der Waals surface area (Å²) in [5.74, 6) is 1.64. The van der Waals surface area contributed by atoms with Gasteiger partial charge in [-0.05, 0) is 36.0 Å². The summed E-state index contributed by atoms with van der Waals surface area (Å²) < 4.78 is 0. The summed E-state index contributed by atoms with van der Waals surface area (Å²) in [6.07, 6.45) is 1.32.